The Hall–Kier alpha value is -1.96. The molecule has 0 aliphatic rings. The molecule has 0 atom stereocenters. The van der Waals surface area contributed by atoms with E-state index >= 15 is 0 Å². The van der Waals surface area contributed by atoms with Gasteiger partial charge in [0, 0.05) is 0 Å². The highest BCUT2D eigenvalue weighted by atomic mass is 16.5. The van der Waals surface area contributed by atoms with Crippen molar-refractivity contribution in [3.05, 3.63) is 48.0 Å². The van der Waals surface area contributed by atoms with E-state index in [-0.39, 0.29) is 0 Å². The monoisotopic (exact) mass is 228 g/mol. The fourth-order valence-electron chi connectivity index (χ4n) is 1.80. The van der Waals surface area contributed by atoms with Gasteiger partial charge in [0.2, 0.25) is 0 Å². The van der Waals surface area contributed by atoms with Crippen molar-refractivity contribution in [3.8, 4) is 22.6 Å². The molecule has 88 valence electrons. The van der Waals surface area contributed by atoms with Crippen molar-refractivity contribution in [2.75, 3.05) is 14.2 Å². The van der Waals surface area contributed by atoms with E-state index < -0.39 is 0 Å². The molecule has 2 heteroatoms. The molecule has 0 N–H and O–H groups in total. The average molecular weight is 228 g/mol. The van der Waals surface area contributed by atoms with Crippen LogP contribution in [0.15, 0.2) is 42.5 Å². The first kappa shape index (κ1) is 11.5. The molecule has 0 amide bonds. The summed E-state index contributed by atoms with van der Waals surface area (Å²) in [5.41, 5.74) is 3.40. The van der Waals surface area contributed by atoms with Gasteiger partial charge in [-0.05, 0) is 41.8 Å². The second-order valence-electron chi connectivity index (χ2n) is 3.92. The molecule has 0 saturated heterocycles. The summed E-state index contributed by atoms with van der Waals surface area (Å²) in [5.74, 6) is 1.77. The van der Waals surface area contributed by atoms with E-state index in [1.54, 1.807) is 14.2 Å². The second-order valence-corrected chi connectivity index (χ2v) is 3.92. The molecule has 0 spiro atoms. The van der Waals surface area contributed by atoms with Crippen LogP contribution in [0.25, 0.3) is 11.1 Å². The minimum absolute atomic E-state index is 0.863. The molecule has 2 aromatic carbocycles. The molecule has 0 radical (unpaired) electrons. The smallest absolute Gasteiger partial charge is 0.122 e. The maximum Gasteiger partial charge on any atom is 0.122 e. The van der Waals surface area contributed by atoms with Gasteiger partial charge in [0.25, 0.3) is 0 Å². The highest BCUT2D eigenvalue weighted by Crippen LogP contribution is 2.28. The van der Waals surface area contributed by atoms with Crippen LogP contribution in [0.5, 0.6) is 11.5 Å². The molecule has 0 aromatic heterocycles. The van der Waals surface area contributed by atoms with Crippen molar-refractivity contribution < 1.29 is 9.47 Å². The Labute approximate surface area is 102 Å². The summed E-state index contributed by atoms with van der Waals surface area (Å²) in [5, 5.41) is 0. The third-order valence-corrected chi connectivity index (χ3v) is 2.81. The minimum Gasteiger partial charge on any atom is -0.497 e. The van der Waals surface area contributed by atoms with Gasteiger partial charge in [-0.15, -0.1) is 0 Å². The van der Waals surface area contributed by atoms with Gasteiger partial charge in [-0.2, -0.15) is 0 Å². The zero-order valence-corrected chi connectivity index (χ0v) is 10.4. The van der Waals surface area contributed by atoms with E-state index in [1.165, 1.54) is 0 Å². The molecular formula is C15H16O2. The van der Waals surface area contributed by atoms with Crippen molar-refractivity contribution in [2.45, 2.75) is 6.92 Å². The zero-order valence-electron chi connectivity index (χ0n) is 10.4. The van der Waals surface area contributed by atoms with Gasteiger partial charge in [-0.1, -0.05) is 24.3 Å². The number of aryl methyl sites for hydroxylation is 1. The number of rotatable bonds is 3. The summed E-state index contributed by atoms with van der Waals surface area (Å²) in [6, 6.07) is 14.2. The molecular weight excluding hydrogens is 212 g/mol. The Bertz CT molecular complexity index is 518. The number of hydrogen-bond acceptors (Lipinski definition) is 2. The standard InChI is InChI=1S/C15H16O2/c1-11-7-8-13(10-15(11)17-3)12-5-4-6-14(9-12)16-2/h4-10H,1-3H3. The van der Waals surface area contributed by atoms with Crippen LogP contribution < -0.4 is 9.47 Å². The average Bonchev–Trinajstić information content (AvgIpc) is 2.39. The van der Waals surface area contributed by atoms with Gasteiger partial charge in [0.1, 0.15) is 11.5 Å². The normalized spacial score (nSPS) is 10.1. The summed E-state index contributed by atoms with van der Waals surface area (Å²) in [6.07, 6.45) is 0. The summed E-state index contributed by atoms with van der Waals surface area (Å²) in [7, 11) is 3.37. The highest BCUT2D eigenvalue weighted by molar-refractivity contribution is 5.67. The topological polar surface area (TPSA) is 18.5 Å². The predicted molar refractivity (Wildman–Crippen MR) is 69.7 cm³/mol. The van der Waals surface area contributed by atoms with Crippen LogP contribution in [-0.4, -0.2) is 14.2 Å². The van der Waals surface area contributed by atoms with Crippen molar-refractivity contribution in [3.63, 3.8) is 0 Å². The number of benzene rings is 2. The van der Waals surface area contributed by atoms with E-state index in [4.69, 9.17) is 9.47 Å². The van der Waals surface area contributed by atoms with Crippen molar-refractivity contribution in [1.29, 1.82) is 0 Å². The number of hydrogen-bond donors (Lipinski definition) is 0. The van der Waals surface area contributed by atoms with E-state index in [0.717, 1.165) is 28.2 Å². The van der Waals surface area contributed by atoms with Gasteiger partial charge in [-0.3, -0.25) is 0 Å². The quantitative estimate of drug-likeness (QED) is 0.797. The van der Waals surface area contributed by atoms with E-state index in [9.17, 15) is 0 Å². The van der Waals surface area contributed by atoms with Crippen LogP contribution in [0, 0.1) is 6.92 Å². The first-order valence-electron chi connectivity index (χ1n) is 5.53. The van der Waals surface area contributed by atoms with Gasteiger partial charge < -0.3 is 9.47 Å². The van der Waals surface area contributed by atoms with Gasteiger partial charge >= 0.3 is 0 Å². The molecule has 0 unspecified atom stereocenters. The number of ether oxygens (including phenoxy) is 2. The summed E-state index contributed by atoms with van der Waals surface area (Å²) >= 11 is 0. The molecule has 0 heterocycles. The van der Waals surface area contributed by atoms with Crippen LogP contribution in [0.1, 0.15) is 5.56 Å². The first-order valence-corrected chi connectivity index (χ1v) is 5.53. The molecule has 0 bridgehead atoms. The SMILES string of the molecule is COc1cccc(-c2ccc(C)c(OC)c2)c1. The highest BCUT2D eigenvalue weighted by Gasteiger charge is 2.03. The predicted octanol–water partition coefficient (Wildman–Crippen LogP) is 3.68. The second kappa shape index (κ2) is 4.91. The molecule has 0 aliphatic heterocycles. The van der Waals surface area contributed by atoms with Crippen molar-refractivity contribution in [2.24, 2.45) is 0 Å². The lowest BCUT2D eigenvalue weighted by atomic mass is 10.0. The maximum absolute atomic E-state index is 5.33. The maximum atomic E-state index is 5.33. The lowest BCUT2D eigenvalue weighted by Gasteiger charge is -2.09. The van der Waals surface area contributed by atoms with Gasteiger partial charge in [-0.25, -0.2) is 0 Å². The van der Waals surface area contributed by atoms with E-state index in [2.05, 4.69) is 18.2 Å². The van der Waals surface area contributed by atoms with Crippen LogP contribution in [0.4, 0.5) is 0 Å². The third-order valence-electron chi connectivity index (χ3n) is 2.81. The van der Waals surface area contributed by atoms with Crippen LogP contribution >= 0.6 is 0 Å². The van der Waals surface area contributed by atoms with E-state index in [1.807, 2.05) is 31.2 Å². The fourth-order valence-corrected chi connectivity index (χ4v) is 1.80. The van der Waals surface area contributed by atoms with Crippen LogP contribution in [-0.2, 0) is 0 Å². The van der Waals surface area contributed by atoms with Crippen LogP contribution in [0.2, 0.25) is 0 Å². The zero-order chi connectivity index (χ0) is 12.3. The Morgan fingerprint density at radius 2 is 1.59 bits per heavy atom. The molecule has 0 fully saturated rings. The minimum atomic E-state index is 0.863. The molecule has 17 heavy (non-hydrogen) atoms. The van der Waals surface area contributed by atoms with Crippen LogP contribution in [0.3, 0.4) is 0 Å². The first-order chi connectivity index (χ1) is 8.24. The Kier molecular flexibility index (Phi) is 3.33. The lowest BCUT2D eigenvalue weighted by Crippen LogP contribution is -1.88. The molecule has 2 aromatic rings. The summed E-state index contributed by atoms with van der Waals surface area (Å²) < 4.78 is 10.6. The largest absolute Gasteiger partial charge is 0.497 e. The molecule has 0 aliphatic carbocycles. The van der Waals surface area contributed by atoms with Gasteiger partial charge in [0.15, 0.2) is 0 Å². The Balaban J connectivity index is 2.45. The Morgan fingerprint density at radius 3 is 2.29 bits per heavy atom. The third kappa shape index (κ3) is 2.41. The lowest BCUT2D eigenvalue weighted by molar-refractivity contribution is 0.411. The van der Waals surface area contributed by atoms with E-state index in [0.29, 0.717) is 0 Å². The summed E-state index contributed by atoms with van der Waals surface area (Å²) in [6.45, 7) is 2.04. The van der Waals surface area contributed by atoms with Crippen molar-refractivity contribution >= 4 is 0 Å². The molecule has 0 saturated carbocycles. The van der Waals surface area contributed by atoms with Gasteiger partial charge in [0.05, 0.1) is 14.2 Å². The number of methoxy groups -OCH3 is 2. The fraction of sp³-hybridized carbons (Fsp3) is 0.200. The molecule has 2 nitrogen and oxygen atoms in total. The Morgan fingerprint density at radius 1 is 0.824 bits per heavy atom. The van der Waals surface area contributed by atoms with Crippen molar-refractivity contribution in [1.82, 2.24) is 0 Å². The summed E-state index contributed by atoms with van der Waals surface area (Å²) in [4.78, 5) is 0. The molecule has 2 rings (SSSR count).